The van der Waals surface area contributed by atoms with E-state index in [-0.39, 0.29) is 0 Å². The first-order valence-corrected chi connectivity index (χ1v) is 9.15. The van der Waals surface area contributed by atoms with Crippen LogP contribution in [0.15, 0.2) is 84.9 Å². The Balaban J connectivity index is 1.63. The van der Waals surface area contributed by atoms with Crippen LogP contribution in [0.3, 0.4) is 0 Å². The number of fused-ring (bicyclic) bond motifs is 1. The van der Waals surface area contributed by atoms with Crippen LogP contribution in [0, 0.1) is 0 Å². The lowest BCUT2D eigenvalue weighted by Crippen LogP contribution is -2.06. The molecule has 0 aliphatic heterocycles. The van der Waals surface area contributed by atoms with Gasteiger partial charge < -0.3 is 10.1 Å². The molecule has 3 nitrogen and oxygen atoms in total. The summed E-state index contributed by atoms with van der Waals surface area (Å²) in [5, 5.41) is 4.75. The lowest BCUT2D eigenvalue weighted by Gasteiger charge is -2.12. The number of para-hydroxylation sites is 1. The first-order valence-electron chi connectivity index (χ1n) is 9.15. The van der Waals surface area contributed by atoms with Gasteiger partial charge in [0.15, 0.2) is 0 Å². The Morgan fingerprint density at radius 1 is 0.852 bits per heavy atom. The maximum atomic E-state index is 5.26. The fourth-order valence-electron chi connectivity index (χ4n) is 3.22. The summed E-state index contributed by atoms with van der Waals surface area (Å²) in [4.78, 5) is 4.85. The first kappa shape index (κ1) is 17.1. The van der Waals surface area contributed by atoms with E-state index < -0.39 is 0 Å². The summed E-state index contributed by atoms with van der Waals surface area (Å²) in [7, 11) is 1.68. The average Bonchev–Trinajstić information content (AvgIpc) is 2.74. The highest BCUT2D eigenvalue weighted by Crippen LogP contribution is 2.29. The van der Waals surface area contributed by atoms with Gasteiger partial charge >= 0.3 is 0 Å². The van der Waals surface area contributed by atoms with Gasteiger partial charge in [-0.15, -0.1) is 0 Å². The van der Waals surface area contributed by atoms with Crippen LogP contribution in [0.4, 0.5) is 5.69 Å². The van der Waals surface area contributed by atoms with Gasteiger partial charge in [-0.25, -0.2) is 4.98 Å². The van der Waals surface area contributed by atoms with Crippen LogP contribution in [0.5, 0.6) is 5.75 Å². The molecule has 1 N–H and O–H groups in total. The lowest BCUT2D eigenvalue weighted by atomic mass is 10.1. The molecular weight excluding hydrogens is 332 g/mol. The van der Waals surface area contributed by atoms with Crippen LogP contribution in [-0.2, 0) is 6.42 Å². The topological polar surface area (TPSA) is 34.1 Å². The van der Waals surface area contributed by atoms with Gasteiger partial charge in [-0.2, -0.15) is 0 Å². The maximum absolute atomic E-state index is 5.26. The van der Waals surface area contributed by atoms with Crippen molar-refractivity contribution < 1.29 is 4.74 Å². The van der Waals surface area contributed by atoms with Crippen molar-refractivity contribution in [3.8, 4) is 17.0 Å². The normalized spacial score (nSPS) is 10.7. The number of methoxy groups -OCH3 is 1. The number of pyridine rings is 1. The van der Waals surface area contributed by atoms with Gasteiger partial charge in [0.05, 0.1) is 18.3 Å². The van der Waals surface area contributed by atoms with Crippen LogP contribution in [0.25, 0.3) is 22.2 Å². The van der Waals surface area contributed by atoms with E-state index in [0.29, 0.717) is 0 Å². The van der Waals surface area contributed by atoms with Crippen LogP contribution < -0.4 is 10.1 Å². The van der Waals surface area contributed by atoms with Crippen molar-refractivity contribution in [1.82, 2.24) is 4.98 Å². The molecule has 0 radical (unpaired) electrons. The molecule has 0 aliphatic rings. The molecule has 0 amide bonds. The van der Waals surface area contributed by atoms with Crippen LogP contribution >= 0.6 is 0 Å². The Morgan fingerprint density at radius 2 is 1.59 bits per heavy atom. The summed E-state index contributed by atoms with van der Waals surface area (Å²) in [6, 6.07) is 29.0. The summed E-state index contributed by atoms with van der Waals surface area (Å²) < 4.78 is 5.26. The Morgan fingerprint density at radius 3 is 2.37 bits per heavy atom. The van der Waals surface area contributed by atoms with Crippen molar-refractivity contribution in [2.24, 2.45) is 0 Å². The fourth-order valence-corrected chi connectivity index (χ4v) is 3.22. The third-order valence-corrected chi connectivity index (χ3v) is 4.67. The van der Waals surface area contributed by atoms with Crippen LogP contribution in [-0.4, -0.2) is 18.6 Å². The molecule has 3 heteroatoms. The minimum atomic E-state index is 0.848. The van der Waals surface area contributed by atoms with Crippen LogP contribution in [0.2, 0.25) is 0 Å². The van der Waals surface area contributed by atoms with Crippen molar-refractivity contribution in [1.29, 1.82) is 0 Å². The highest BCUT2D eigenvalue weighted by Gasteiger charge is 2.08. The highest BCUT2D eigenvalue weighted by molar-refractivity contribution is 5.93. The molecule has 0 atom stereocenters. The standard InChI is InChI=1S/C24H22N2O/c1-27-20-13-11-19(12-14-20)23-17-24(21-9-5-6-10-22(21)26-23)25-16-15-18-7-3-2-4-8-18/h2-14,17H,15-16H2,1H3,(H,25,26). The number of anilines is 1. The highest BCUT2D eigenvalue weighted by atomic mass is 16.5. The molecule has 4 aromatic rings. The second kappa shape index (κ2) is 7.92. The molecular formula is C24H22N2O. The zero-order valence-corrected chi connectivity index (χ0v) is 15.4. The third-order valence-electron chi connectivity index (χ3n) is 4.67. The van der Waals surface area contributed by atoms with Gasteiger partial charge in [0.25, 0.3) is 0 Å². The summed E-state index contributed by atoms with van der Waals surface area (Å²) in [6.45, 7) is 0.875. The molecule has 3 aromatic carbocycles. The van der Waals surface area contributed by atoms with Crippen molar-refractivity contribution >= 4 is 16.6 Å². The Labute approximate surface area is 159 Å². The number of rotatable bonds is 6. The zero-order chi connectivity index (χ0) is 18.5. The number of hydrogen-bond donors (Lipinski definition) is 1. The molecule has 4 rings (SSSR count). The van der Waals surface area contributed by atoms with Gasteiger partial charge in [0, 0.05) is 23.2 Å². The second-order valence-electron chi connectivity index (χ2n) is 6.46. The lowest BCUT2D eigenvalue weighted by molar-refractivity contribution is 0.415. The SMILES string of the molecule is COc1ccc(-c2cc(NCCc3ccccc3)c3ccccc3n2)cc1. The van der Waals surface area contributed by atoms with Crippen molar-refractivity contribution in [2.45, 2.75) is 6.42 Å². The van der Waals surface area contributed by atoms with E-state index in [2.05, 4.69) is 59.9 Å². The number of aromatic nitrogens is 1. The predicted molar refractivity (Wildman–Crippen MR) is 112 cm³/mol. The molecule has 0 saturated heterocycles. The molecule has 0 unspecified atom stereocenters. The third kappa shape index (κ3) is 3.93. The number of ether oxygens (including phenoxy) is 1. The largest absolute Gasteiger partial charge is 0.497 e. The molecule has 1 aromatic heterocycles. The second-order valence-corrected chi connectivity index (χ2v) is 6.46. The number of nitrogens with zero attached hydrogens (tertiary/aromatic N) is 1. The van der Waals surface area contributed by atoms with Gasteiger partial charge in [-0.05, 0) is 48.4 Å². The average molecular weight is 354 g/mol. The van der Waals surface area contributed by atoms with Gasteiger partial charge in [0.1, 0.15) is 5.75 Å². The number of benzene rings is 3. The summed E-state index contributed by atoms with van der Waals surface area (Å²) in [5.41, 5.74) is 5.47. The molecule has 0 saturated carbocycles. The van der Waals surface area contributed by atoms with Gasteiger partial charge in [-0.3, -0.25) is 0 Å². The first-order chi connectivity index (χ1) is 13.3. The molecule has 134 valence electrons. The molecule has 0 fully saturated rings. The summed E-state index contributed by atoms with van der Waals surface area (Å²) >= 11 is 0. The molecule has 0 aliphatic carbocycles. The van der Waals surface area contributed by atoms with Crippen molar-refractivity contribution in [2.75, 3.05) is 19.0 Å². The molecule has 27 heavy (non-hydrogen) atoms. The molecule has 1 heterocycles. The number of nitrogens with one attached hydrogen (secondary N) is 1. The Bertz CT molecular complexity index is 1030. The monoisotopic (exact) mass is 354 g/mol. The van der Waals surface area contributed by atoms with E-state index in [4.69, 9.17) is 9.72 Å². The number of hydrogen-bond acceptors (Lipinski definition) is 3. The van der Waals surface area contributed by atoms with E-state index >= 15 is 0 Å². The zero-order valence-electron chi connectivity index (χ0n) is 15.4. The summed E-state index contributed by atoms with van der Waals surface area (Å²) in [5.74, 6) is 0.848. The van der Waals surface area contributed by atoms with E-state index in [1.807, 2.05) is 30.3 Å². The van der Waals surface area contributed by atoms with E-state index in [0.717, 1.165) is 46.6 Å². The van der Waals surface area contributed by atoms with E-state index in [1.165, 1.54) is 5.56 Å². The Kier molecular flexibility index (Phi) is 5.01. The maximum Gasteiger partial charge on any atom is 0.118 e. The van der Waals surface area contributed by atoms with Gasteiger partial charge in [0.2, 0.25) is 0 Å². The van der Waals surface area contributed by atoms with E-state index in [1.54, 1.807) is 7.11 Å². The molecule has 0 bridgehead atoms. The quantitative estimate of drug-likeness (QED) is 0.492. The minimum Gasteiger partial charge on any atom is -0.497 e. The predicted octanol–water partition coefficient (Wildman–Crippen LogP) is 5.57. The van der Waals surface area contributed by atoms with Gasteiger partial charge in [-0.1, -0.05) is 48.5 Å². The Hall–Kier alpha value is -3.33. The minimum absolute atomic E-state index is 0.848. The van der Waals surface area contributed by atoms with Crippen molar-refractivity contribution in [3.05, 3.63) is 90.5 Å². The fraction of sp³-hybridized carbons (Fsp3) is 0.125. The van der Waals surface area contributed by atoms with E-state index in [9.17, 15) is 0 Å². The smallest absolute Gasteiger partial charge is 0.118 e. The summed E-state index contributed by atoms with van der Waals surface area (Å²) in [6.07, 6.45) is 0.982. The van der Waals surface area contributed by atoms with Crippen molar-refractivity contribution in [3.63, 3.8) is 0 Å². The van der Waals surface area contributed by atoms with Crippen LogP contribution in [0.1, 0.15) is 5.56 Å². The molecule has 0 spiro atoms.